The summed E-state index contributed by atoms with van der Waals surface area (Å²) in [5.41, 5.74) is 1.86. The normalized spacial score (nSPS) is 10.7. The van der Waals surface area contributed by atoms with E-state index in [1.54, 1.807) is 4.68 Å². The van der Waals surface area contributed by atoms with E-state index in [0.717, 1.165) is 29.3 Å². The van der Waals surface area contributed by atoms with Crippen LogP contribution in [0, 0.1) is 6.92 Å². The van der Waals surface area contributed by atoms with Gasteiger partial charge in [-0.05, 0) is 19.8 Å². The lowest BCUT2D eigenvalue weighted by Crippen LogP contribution is -1.99. The number of aliphatic hydroxyl groups is 1. The molecule has 0 radical (unpaired) electrons. The van der Waals surface area contributed by atoms with Gasteiger partial charge in [-0.2, -0.15) is 5.10 Å². The summed E-state index contributed by atoms with van der Waals surface area (Å²) in [6.45, 7) is 2.07. The Bertz CT molecular complexity index is 270. The summed E-state index contributed by atoms with van der Waals surface area (Å²) in [7, 11) is 1.87. The van der Waals surface area contributed by atoms with E-state index in [9.17, 15) is 0 Å². The number of aromatic nitrogens is 2. The van der Waals surface area contributed by atoms with Crippen LogP contribution in [0.4, 0.5) is 0 Å². The van der Waals surface area contributed by atoms with E-state index < -0.39 is 0 Å². The fraction of sp³-hybridized carbons (Fsp3) is 0.625. The first-order valence-corrected chi connectivity index (χ1v) is 4.33. The van der Waals surface area contributed by atoms with Gasteiger partial charge in [0.25, 0.3) is 0 Å². The van der Waals surface area contributed by atoms with Crippen LogP contribution in [0.15, 0.2) is 0 Å². The molecule has 3 nitrogen and oxygen atoms in total. The average molecular weight is 189 g/mol. The molecular weight excluding hydrogens is 176 g/mol. The predicted molar refractivity (Wildman–Crippen MR) is 48.4 cm³/mol. The van der Waals surface area contributed by atoms with Gasteiger partial charge in [0.1, 0.15) is 0 Å². The predicted octanol–water partition coefficient (Wildman–Crippen LogP) is 1.31. The van der Waals surface area contributed by atoms with Crippen molar-refractivity contribution in [2.24, 2.45) is 7.05 Å². The van der Waals surface area contributed by atoms with E-state index in [2.05, 4.69) is 5.10 Å². The first-order valence-electron chi connectivity index (χ1n) is 3.95. The molecule has 0 aromatic carbocycles. The van der Waals surface area contributed by atoms with E-state index in [0.29, 0.717) is 0 Å². The molecule has 0 bridgehead atoms. The van der Waals surface area contributed by atoms with Gasteiger partial charge in [0.15, 0.2) is 0 Å². The highest BCUT2D eigenvalue weighted by Gasteiger charge is 2.09. The second kappa shape index (κ2) is 3.92. The lowest BCUT2D eigenvalue weighted by atomic mass is 10.2. The number of rotatable bonds is 3. The number of hydrogen-bond donors (Lipinski definition) is 1. The molecule has 1 N–H and O–H groups in total. The van der Waals surface area contributed by atoms with Crippen LogP contribution in [0.2, 0.25) is 5.02 Å². The molecule has 1 aromatic rings. The number of hydrogen-bond acceptors (Lipinski definition) is 2. The van der Waals surface area contributed by atoms with Gasteiger partial charge in [-0.3, -0.25) is 4.68 Å². The van der Waals surface area contributed by atoms with Crippen molar-refractivity contribution < 1.29 is 5.11 Å². The monoisotopic (exact) mass is 188 g/mol. The Hall–Kier alpha value is -0.540. The Balaban J connectivity index is 2.82. The molecule has 1 aromatic heterocycles. The molecule has 0 aliphatic carbocycles. The van der Waals surface area contributed by atoms with Crippen LogP contribution in [0.3, 0.4) is 0 Å². The van der Waals surface area contributed by atoms with Crippen molar-refractivity contribution >= 4 is 11.6 Å². The molecular formula is C8H13ClN2O. The molecule has 0 aliphatic heterocycles. The molecule has 0 spiro atoms. The molecule has 1 heterocycles. The van der Waals surface area contributed by atoms with Crippen molar-refractivity contribution in [1.82, 2.24) is 9.78 Å². The van der Waals surface area contributed by atoms with Gasteiger partial charge >= 0.3 is 0 Å². The van der Waals surface area contributed by atoms with Gasteiger partial charge in [0.05, 0.1) is 16.4 Å². The van der Waals surface area contributed by atoms with Gasteiger partial charge in [0, 0.05) is 13.7 Å². The molecule has 0 aliphatic rings. The fourth-order valence-electron chi connectivity index (χ4n) is 1.20. The maximum Gasteiger partial charge on any atom is 0.0846 e. The summed E-state index contributed by atoms with van der Waals surface area (Å²) in [5.74, 6) is 0. The SMILES string of the molecule is Cc1nn(C)c(CCCO)c1Cl. The highest BCUT2D eigenvalue weighted by molar-refractivity contribution is 6.31. The lowest BCUT2D eigenvalue weighted by Gasteiger charge is -1.99. The molecule has 12 heavy (non-hydrogen) atoms. The van der Waals surface area contributed by atoms with Gasteiger partial charge in [-0.1, -0.05) is 11.6 Å². The first kappa shape index (κ1) is 9.55. The van der Waals surface area contributed by atoms with Crippen molar-refractivity contribution in [2.75, 3.05) is 6.61 Å². The number of aryl methyl sites for hydroxylation is 2. The van der Waals surface area contributed by atoms with Crippen LogP contribution in [0.25, 0.3) is 0 Å². The number of aliphatic hydroxyl groups excluding tert-OH is 1. The molecule has 0 saturated heterocycles. The minimum atomic E-state index is 0.195. The van der Waals surface area contributed by atoms with Crippen LogP contribution in [0.5, 0.6) is 0 Å². The third-order valence-electron chi connectivity index (χ3n) is 1.83. The first-order chi connectivity index (χ1) is 5.66. The van der Waals surface area contributed by atoms with Crippen LogP contribution in [-0.2, 0) is 13.5 Å². The van der Waals surface area contributed by atoms with E-state index >= 15 is 0 Å². The number of halogens is 1. The Labute approximate surface area is 77.0 Å². The maximum absolute atomic E-state index is 8.64. The third kappa shape index (κ3) is 1.79. The second-order valence-corrected chi connectivity index (χ2v) is 3.17. The quantitative estimate of drug-likeness (QED) is 0.777. The summed E-state index contributed by atoms with van der Waals surface area (Å²) >= 11 is 5.98. The zero-order valence-corrected chi connectivity index (χ0v) is 8.10. The number of nitrogens with zero attached hydrogens (tertiary/aromatic N) is 2. The van der Waals surface area contributed by atoms with Gasteiger partial charge in [-0.15, -0.1) is 0 Å². The van der Waals surface area contributed by atoms with Gasteiger partial charge < -0.3 is 5.11 Å². The molecule has 0 saturated carbocycles. The van der Waals surface area contributed by atoms with Crippen LogP contribution >= 0.6 is 11.6 Å². The lowest BCUT2D eigenvalue weighted by molar-refractivity contribution is 0.287. The Morgan fingerprint density at radius 3 is 2.67 bits per heavy atom. The van der Waals surface area contributed by atoms with Crippen molar-refractivity contribution in [3.63, 3.8) is 0 Å². The van der Waals surface area contributed by atoms with Crippen molar-refractivity contribution in [2.45, 2.75) is 19.8 Å². The summed E-state index contributed by atoms with van der Waals surface area (Å²) in [5, 5.41) is 13.5. The zero-order valence-electron chi connectivity index (χ0n) is 7.34. The van der Waals surface area contributed by atoms with Gasteiger partial charge in [0.2, 0.25) is 0 Å². The minimum absolute atomic E-state index is 0.195. The second-order valence-electron chi connectivity index (χ2n) is 2.80. The molecule has 0 atom stereocenters. The summed E-state index contributed by atoms with van der Waals surface area (Å²) in [4.78, 5) is 0. The largest absolute Gasteiger partial charge is 0.396 e. The maximum atomic E-state index is 8.64. The molecule has 0 unspecified atom stereocenters. The summed E-state index contributed by atoms with van der Waals surface area (Å²) < 4.78 is 1.77. The summed E-state index contributed by atoms with van der Waals surface area (Å²) in [6, 6.07) is 0. The Morgan fingerprint density at radius 1 is 1.58 bits per heavy atom. The van der Waals surface area contributed by atoms with E-state index in [-0.39, 0.29) is 6.61 Å². The average Bonchev–Trinajstić information content (AvgIpc) is 2.25. The highest BCUT2D eigenvalue weighted by atomic mass is 35.5. The van der Waals surface area contributed by atoms with Gasteiger partial charge in [-0.25, -0.2) is 0 Å². The highest BCUT2D eigenvalue weighted by Crippen LogP contribution is 2.20. The van der Waals surface area contributed by atoms with E-state index in [1.807, 2.05) is 14.0 Å². The third-order valence-corrected chi connectivity index (χ3v) is 2.32. The Morgan fingerprint density at radius 2 is 2.25 bits per heavy atom. The fourth-order valence-corrected chi connectivity index (χ4v) is 1.45. The van der Waals surface area contributed by atoms with Crippen molar-refractivity contribution in [3.05, 3.63) is 16.4 Å². The van der Waals surface area contributed by atoms with E-state index in [4.69, 9.17) is 16.7 Å². The van der Waals surface area contributed by atoms with Crippen molar-refractivity contribution in [1.29, 1.82) is 0 Å². The van der Waals surface area contributed by atoms with Crippen LogP contribution < -0.4 is 0 Å². The van der Waals surface area contributed by atoms with Crippen molar-refractivity contribution in [3.8, 4) is 0 Å². The smallest absolute Gasteiger partial charge is 0.0846 e. The molecule has 0 amide bonds. The molecule has 68 valence electrons. The van der Waals surface area contributed by atoms with E-state index in [1.165, 1.54) is 0 Å². The molecule has 0 fully saturated rings. The topological polar surface area (TPSA) is 38.0 Å². The zero-order chi connectivity index (χ0) is 9.14. The Kier molecular flexibility index (Phi) is 3.12. The molecule has 4 heteroatoms. The minimum Gasteiger partial charge on any atom is -0.396 e. The molecule has 1 rings (SSSR count). The summed E-state index contributed by atoms with van der Waals surface area (Å²) in [6.07, 6.45) is 1.52. The standard InChI is InChI=1S/C8H13ClN2O/c1-6-8(9)7(4-3-5-12)11(2)10-6/h12H,3-5H2,1-2H3. The van der Waals surface area contributed by atoms with Crippen LogP contribution in [0.1, 0.15) is 17.8 Å². The van der Waals surface area contributed by atoms with Crippen LogP contribution in [-0.4, -0.2) is 21.5 Å².